The minimum Gasteiger partial charge on any atom is -0.493 e. The Kier molecular flexibility index (Phi) is 4.36. The van der Waals surface area contributed by atoms with Crippen molar-refractivity contribution >= 4 is 0 Å². The van der Waals surface area contributed by atoms with Crippen LogP contribution in [0.5, 0.6) is 11.5 Å². The van der Waals surface area contributed by atoms with Crippen LogP contribution in [0.25, 0.3) is 0 Å². The third-order valence-corrected chi connectivity index (χ3v) is 2.83. The van der Waals surface area contributed by atoms with E-state index < -0.39 is 0 Å². The Labute approximate surface area is 111 Å². The molecule has 2 N–H and O–H groups in total. The molecule has 0 radical (unpaired) electrons. The van der Waals surface area contributed by atoms with Gasteiger partial charge in [-0.15, -0.1) is 0 Å². The maximum Gasteiger partial charge on any atom is 0.161 e. The number of benzene rings is 2. The van der Waals surface area contributed by atoms with Crippen LogP contribution in [0.1, 0.15) is 11.1 Å². The highest BCUT2D eigenvalue weighted by Crippen LogP contribution is 2.27. The molecule has 0 unspecified atom stereocenters. The summed E-state index contributed by atoms with van der Waals surface area (Å²) in [6.07, 6.45) is 0. The topological polar surface area (TPSA) is 44.5 Å². The zero-order chi connectivity index (χ0) is 13.7. The molecule has 0 aromatic heterocycles. The molecule has 2 aromatic carbocycles. The van der Waals surface area contributed by atoms with Gasteiger partial charge >= 0.3 is 0 Å². The summed E-state index contributed by atoms with van der Waals surface area (Å²) in [5, 5.41) is 0. The largest absolute Gasteiger partial charge is 0.493 e. The Hall–Kier alpha value is -2.07. The fourth-order valence-electron chi connectivity index (χ4n) is 1.80. The molecule has 0 atom stereocenters. The Balaban J connectivity index is 2.15. The minimum atomic E-state index is -0.306. The smallest absolute Gasteiger partial charge is 0.161 e. The molecular formula is C15H16FNO2. The molecule has 19 heavy (non-hydrogen) atoms. The Morgan fingerprint density at radius 1 is 1.00 bits per heavy atom. The lowest BCUT2D eigenvalue weighted by Gasteiger charge is -2.11. The summed E-state index contributed by atoms with van der Waals surface area (Å²) in [6, 6.07) is 12.4. The van der Waals surface area contributed by atoms with Crippen molar-refractivity contribution in [2.45, 2.75) is 13.2 Å². The average Bonchev–Trinajstić information content (AvgIpc) is 2.46. The van der Waals surface area contributed by atoms with Crippen LogP contribution in [-0.2, 0) is 13.2 Å². The third-order valence-electron chi connectivity index (χ3n) is 2.83. The number of nitrogens with two attached hydrogens (primary N) is 1. The monoisotopic (exact) mass is 261 g/mol. The van der Waals surface area contributed by atoms with Crippen LogP contribution in [0.3, 0.4) is 0 Å². The van der Waals surface area contributed by atoms with Crippen molar-refractivity contribution < 1.29 is 13.9 Å². The maximum atomic E-state index is 14.0. The van der Waals surface area contributed by atoms with E-state index in [-0.39, 0.29) is 19.0 Å². The van der Waals surface area contributed by atoms with E-state index in [0.717, 1.165) is 0 Å². The lowest BCUT2D eigenvalue weighted by molar-refractivity contribution is 0.279. The lowest BCUT2D eigenvalue weighted by atomic mass is 10.1. The maximum absolute atomic E-state index is 14.0. The fraction of sp³-hybridized carbons (Fsp3) is 0.200. The van der Waals surface area contributed by atoms with Crippen molar-refractivity contribution in [3.63, 3.8) is 0 Å². The third kappa shape index (κ3) is 3.03. The molecule has 0 spiro atoms. The van der Waals surface area contributed by atoms with Gasteiger partial charge in [-0.1, -0.05) is 30.3 Å². The molecule has 0 heterocycles. The van der Waals surface area contributed by atoms with Crippen molar-refractivity contribution in [2.24, 2.45) is 5.73 Å². The van der Waals surface area contributed by atoms with Crippen LogP contribution in [0.2, 0.25) is 0 Å². The molecule has 0 amide bonds. The Morgan fingerprint density at radius 3 is 2.37 bits per heavy atom. The van der Waals surface area contributed by atoms with Gasteiger partial charge in [-0.25, -0.2) is 4.39 Å². The highest BCUT2D eigenvalue weighted by molar-refractivity contribution is 5.39. The summed E-state index contributed by atoms with van der Waals surface area (Å²) in [5.74, 6) is 0.903. The molecular weight excluding hydrogens is 245 g/mol. The summed E-state index contributed by atoms with van der Waals surface area (Å²) in [7, 11) is 1.57. The van der Waals surface area contributed by atoms with Crippen molar-refractivity contribution in [1.29, 1.82) is 0 Å². The zero-order valence-corrected chi connectivity index (χ0v) is 10.7. The fourth-order valence-corrected chi connectivity index (χ4v) is 1.80. The molecule has 0 aliphatic carbocycles. The predicted octanol–water partition coefficient (Wildman–Crippen LogP) is 2.87. The van der Waals surface area contributed by atoms with Gasteiger partial charge < -0.3 is 15.2 Å². The SMILES string of the molecule is COc1ccccc1OCc1cccc(CN)c1F. The van der Waals surface area contributed by atoms with Crippen LogP contribution in [0.4, 0.5) is 4.39 Å². The Morgan fingerprint density at radius 2 is 1.68 bits per heavy atom. The quantitative estimate of drug-likeness (QED) is 0.900. The number of hydrogen-bond donors (Lipinski definition) is 1. The first-order valence-corrected chi connectivity index (χ1v) is 5.98. The summed E-state index contributed by atoms with van der Waals surface area (Å²) in [5.41, 5.74) is 6.44. The van der Waals surface area contributed by atoms with Gasteiger partial charge in [0.15, 0.2) is 11.5 Å². The molecule has 2 aromatic rings. The first-order valence-electron chi connectivity index (χ1n) is 5.98. The van der Waals surface area contributed by atoms with Crippen molar-refractivity contribution in [3.05, 3.63) is 59.4 Å². The van der Waals surface area contributed by atoms with Crippen LogP contribution < -0.4 is 15.2 Å². The van der Waals surface area contributed by atoms with E-state index in [1.807, 2.05) is 12.1 Å². The van der Waals surface area contributed by atoms with E-state index in [9.17, 15) is 4.39 Å². The molecule has 3 nitrogen and oxygen atoms in total. The Bertz CT molecular complexity index is 558. The van der Waals surface area contributed by atoms with Gasteiger partial charge in [-0.3, -0.25) is 0 Å². The van der Waals surface area contributed by atoms with Gasteiger partial charge in [0.2, 0.25) is 0 Å². The second kappa shape index (κ2) is 6.20. The molecule has 0 fully saturated rings. The van der Waals surface area contributed by atoms with Crippen LogP contribution in [-0.4, -0.2) is 7.11 Å². The molecule has 2 rings (SSSR count). The number of halogens is 1. The highest BCUT2D eigenvalue weighted by Gasteiger charge is 2.09. The molecule has 0 saturated heterocycles. The summed E-state index contributed by atoms with van der Waals surface area (Å²) in [4.78, 5) is 0. The zero-order valence-electron chi connectivity index (χ0n) is 10.7. The van der Waals surface area contributed by atoms with E-state index in [4.69, 9.17) is 15.2 Å². The highest BCUT2D eigenvalue weighted by atomic mass is 19.1. The van der Waals surface area contributed by atoms with Crippen LogP contribution in [0, 0.1) is 5.82 Å². The van der Waals surface area contributed by atoms with E-state index >= 15 is 0 Å². The van der Waals surface area contributed by atoms with Gasteiger partial charge in [0.05, 0.1) is 7.11 Å². The standard InChI is InChI=1S/C15H16FNO2/c1-18-13-7-2-3-8-14(13)19-10-12-6-4-5-11(9-17)15(12)16/h2-8H,9-10,17H2,1H3. The molecule has 0 aliphatic heterocycles. The number of ether oxygens (including phenoxy) is 2. The second-order valence-corrected chi connectivity index (χ2v) is 4.03. The number of hydrogen-bond acceptors (Lipinski definition) is 3. The summed E-state index contributed by atoms with van der Waals surface area (Å²) < 4.78 is 24.7. The second-order valence-electron chi connectivity index (χ2n) is 4.03. The first-order chi connectivity index (χ1) is 9.26. The number of para-hydroxylation sites is 2. The van der Waals surface area contributed by atoms with Crippen molar-refractivity contribution in [3.8, 4) is 11.5 Å². The van der Waals surface area contributed by atoms with E-state index in [1.165, 1.54) is 0 Å². The van der Waals surface area contributed by atoms with Gasteiger partial charge in [0.25, 0.3) is 0 Å². The number of methoxy groups -OCH3 is 1. The minimum absolute atomic E-state index is 0.139. The van der Waals surface area contributed by atoms with Crippen LogP contribution >= 0.6 is 0 Å². The van der Waals surface area contributed by atoms with Gasteiger partial charge in [0, 0.05) is 17.7 Å². The predicted molar refractivity (Wildman–Crippen MR) is 71.6 cm³/mol. The van der Waals surface area contributed by atoms with E-state index in [0.29, 0.717) is 22.6 Å². The molecule has 100 valence electrons. The molecule has 0 aliphatic rings. The van der Waals surface area contributed by atoms with E-state index in [1.54, 1.807) is 37.4 Å². The van der Waals surface area contributed by atoms with Gasteiger partial charge in [-0.05, 0) is 12.1 Å². The number of rotatable bonds is 5. The van der Waals surface area contributed by atoms with Gasteiger partial charge in [-0.2, -0.15) is 0 Å². The normalized spacial score (nSPS) is 10.3. The molecule has 0 bridgehead atoms. The molecule has 4 heteroatoms. The summed E-state index contributed by atoms with van der Waals surface area (Å²) in [6.45, 7) is 0.314. The average molecular weight is 261 g/mol. The van der Waals surface area contributed by atoms with Crippen molar-refractivity contribution in [2.75, 3.05) is 7.11 Å². The van der Waals surface area contributed by atoms with Crippen molar-refractivity contribution in [1.82, 2.24) is 0 Å². The van der Waals surface area contributed by atoms with E-state index in [2.05, 4.69) is 0 Å². The summed E-state index contributed by atoms with van der Waals surface area (Å²) >= 11 is 0. The lowest BCUT2D eigenvalue weighted by Crippen LogP contribution is -2.05. The first kappa shape index (κ1) is 13.4. The molecule has 0 saturated carbocycles. The van der Waals surface area contributed by atoms with Crippen LogP contribution in [0.15, 0.2) is 42.5 Å². The van der Waals surface area contributed by atoms with Gasteiger partial charge in [0.1, 0.15) is 12.4 Å².